The van der Waals surface area contributed by atoms with Crippen molar-refractivity contribution in [2.75, 3.05) is 20.2 Å². The van der Waals surface area contributed by atoms with Crippen molar-refractivity contribution in [2.24, 2.45) is 5.73 Å². The van der Waals surface area contributed by atoms with Crippen LogP contribution in [0.4, 0.5) is 0 Å². The first kappa shape index (κ1) is 14.1. The molecular weight excluding hydrogens is 236 g/mol. The quantitative estimate of drug-likeness (QED) is 0.628. The topological polar surface area (TPSA) is 69.7 Å². The molecule has 0 spiro atoms. The molecule has 0 aliphatic carbocycles. The van der Waals surface area contributed by atoms with Gasteiger partial charge in [0.2, 0.25) is 0 Å². The number of likely N-dealkylation sites (N-methyl/N-ethyl adjacent to an activating group) is 1. The average molecular weight is 254 g/mol. The van der Waals surface area contributed by atoms with Crippen molar-refractivity contribution < 1.29 is 10.2 Å². The zero-order valence-electron chi connectivity index (χ0n) is 9.84. The van der Waals surface area contributed by atoms with Gasteiger partial charge in [0.25, 0.3) is 0 Å². The van der Waals surface area contributed by atoms with Gasteiger partial charge in [-0.1, -0.05) is 30.4 Å². The third-order valence-electron chi connectivity index (χ3n) is 2.40. The van der Waals surface area contributed by atoms with E-state index < -0.39 is 6.10 Å². The number of hydrogen-bond acceptors (Lipinski definition) is 4. The van der Waals surface area contributed by atoms with Crippen molar-refractivity contribution in [2.45, 2.75) is 12.6 Å². The molecule has 4 nitrogen and oxygen atoms in total. The van der Waals surface area contributed by atoms with Crippen molar-refractivity contribution in [3.05, 3.63) is 35.4 Å². The van der Waals surface area contributed by atoms with Gasteiger partial charge in [0.15, 0.2) is 0 Å². The Kier molecular flexibility index (Phi) is 5.50. The van der Waals surface area contributed by atoms with E-state index >= 15 is 0 Å². The van der Waals surface area contributed by atoms with Gasteiger partial charge < -0.3 is 15.9 Å². The van der Waals surface area contributed by atoms with Crippen LogP contribution in [0, 0.1) is 0 Å². The van der Waals surface area contributed by atoms with E-state index in [-0.39, 0.29) is 6.61 Å². The summed E-state index contributed by atoms with van der Waals surface area (Å²) in [6, 6.07) is 7.68. The van der Waals surface area contributed by atoms with Crippen molar-refractivity contribution in [1.82, 2.24) is 4.90 Å². The van der Waals surface area contributed by atoms with E-state index in [0.29, 0.717) is 18.1 Å². The summed E-state index contributed by atoms with van der Waals surface area (Å²) in [5.41, 5.74) is 7.47. The number of hydrogen-bond donors (Lipinski definition) is 3. The third kappa shape index (κ3) is 4.79. The average Bonchev–Trinajstić information content (AvgIpc) is 2.28. The molecule has 1 aromatic carbocycles. The summed E-state index contributed by atoms with van der Waals surface area (Å²) in [7, 11) is 1.88. The minimum Gasteiger partial charge on any atom is -0.394 e. The number of benzene rings is 1. The standard InChI is InChI=1S/C12H18N2O2S/c1-14(7-11(16)8-15)6-9-3-2-4-10(5-9)12(13)17/h2-5,11,15-16H,6-8H2,1H3,(H2,13,17). The number of aliphatic hydroxyl groups is 2. The lowest BCUT2D eigenvalue weighted by atomic mass is 10.1. The first-order chi connectivity index (χ1) is 8.02. The highest BCUT2D eigenvalue weighted by molar-refractivity contribution is 7.80. The molecule has 0 radical (unpaired) electrons. The molecule has 0 aromatic heterocycles. The molecule has 94 valence electrons. The highest BCUT2D eigenvalue weighted by Crippen LogP contribution is 2.08. The first-order valence-electron chi connectivity index (χ1n) is 5.39. The summed E-state index contributed by atoms with van der Waals surface area (Å²) in [5, 5.41) is 18.1. The summed E-state index contributed by atoms with van der Waals surface area (Å²) >= 11 is 4.92. The Morgan fingerprint density at radius 3 is 2.82 bits per heavy atom. The van der Waals surface area contributed by atoms with Gasteiger partial charge in [-0.05, 0) is 18.7 Å². The lowest BCUT2D eigenvalue weighted by Crippen LogP contribution is -2.31. The van der Waals surface area contributed by atoms with Gasteiger partial charge in [0.05, 0.1) is 12.7 Å². The van der Waals surface area contributed by atoms with Gasteiger partial charge in [-0.25, -0.2) is 0 Å². The van der Waals surface area contributed by atoms with E-state index in [1.807, 2.05) is 36.2 Å². The molecule has 1 rings (SSSR count). The minimum absolute atomic E-state index is 0.225. The lowest BCUT2D eigenvalue weighted by molar-refractivity contribution is 0.0648. The normalized spacial score (nSPS) is 12.7. The van der Waals surface area contributed by atoms with Gasteiger partial charge >= 0.3 is 0 Å². The number of thiocarbonyl (C=S) groups is 1. The van der Waals surface area contributed by atoms with Crippen LogP contribution in [0.3, 0.4) is 0 Å². The molecule has 17 heavy (non-hydrogen) atoms. The Balaban J connectivity index is 2.62. The second-order valence-electron chi connectivity index (χ2n) is 4.10. The van der Waals surface area contributed by atoms with Crippen LogP contribution in [-0.2, 0) is 6.54 Å². The number of nitrogens with two attached hydrogens (primary N) is 1. The zero-order valence-corrected chi connectivity index (χ0v) is 10.7. The molecule has 0 fully saturated rings. The third-order valence-corrected chi connectivity index (χ3v) is 2.63. The summed E-state index contributed by atoms with van der Waals surface area (Å²) in [4.78, 5) is 2.31. The molecule has 0 amide bonds. The van der Waals surface area contributed by atoms with Crippen molar-refractivity contribution in [3.63, 3.8) is 0 Å². The van der Waals surface area contributed by atoms with Crippen molar-refractivity contribution in [3.8, 4) is 0 Å². The fraction of sp³-hybridized carbons (Fsp3) is 0.417. The second-order valence-corrected chi connectivity index (χ2v) is 4.54. The van der Waals surface area contributed by atoms with E-state index in [4.69, 9.17) is 23.1 Å². The fourth-order valence-corrected chi connectivity index (χ4v) is 1.74. The number of nitrogens with zero attached hydrogens (tertiary/aromatic N) is 1. The Morgan fingerprint density at radius 2 is 2.24 bits per heavy atom. The molecule has 0 saturated heterocycles. The minimum atomic E-state index is -0.709. The summed E-state index contributed by atoms with van der Waals surface area (Å²) in [6.07, 6.45) is -0.709. The van der Waals surface area contributed by atoms with Crippen LogP contribution < -0.4 is 5.73 Å². The molecule has 5 heteroatoms. The Hall–Kier alpha value is -1.01. The first-order valence-corrected chi connectivity index (χ1v) is 5.80. The van der Waals surface area contributed by atoms with Gasteiger partial charge in [0, 0.05) is 18.7 Å². The molecule has 0 heterocycles. The highest BCUT2D eigenvalue weighted by atomic mass is 32.1. The Labute approximate surface area is 107 Å². The fourth-order valence-electron chi connectivity index (χ4n) is 1.62. The predicted molar refractivity (Wildman–Crippen MR) is 71.8 cm³/mol. The number of rotatable bonds is 6. The Bertz CT molecular complexity index is 385. The van der Waals surface area contributed by atoms with E-state index in [0.717, 1.165) is 11.1 Å². The van der Waals surface area contributed by atoms with Gasteiger partial charge in [-0.3, -0.25) is 4.90 Å². The molecule has 0 bridgehead atoms. The Morgan fingerprint density at radius 1 is 1.53 bits per heavy atom. The molecule has 1 atom stereocenters. The molecule has 0 aliphatic heterocycles. The molecular formula is C12H18N2O2S. The summed E-state index contributed by atoms with van der Waals surface area (Å²) < 4.78 is 0. The summed E-state index contributed by atoms with van der Waals surface area (Å²) in [5.74, 6) is 0. The SMILES string of the molecule is CN(Cc1cccc(C(N)=S)c1)CC(O)CO. The maximum Gasteiger partial charge on any atom is 0.103 e. The van der Waals surface area contributed by atoms with E-state index in [2.05, 4.69) is 0 Å². The lowest BCUT2D eigenvalue weighted by Gasteiger charge is -2.19. The van der Waals surface area contributed by atoms with Crippen LogP contribution in [0.15, 0.2) is 24.3 Å². The maximum absolute atomic E-state index is 9.32. The van der Waals surface area contributed by atoms with Crippen LogP contribution in [-0.4, -0.2) is 46.4 Å². The predicted octanol–water partition coefficient (Wildman–Crippen LogP) is 0.106. The van der Waals surface area contributed by atoms with Crippen LogP contribution in [0.5, 0.6) is 0 Å². The van der Waals surface area contributed by atoms with Crippen LogP contribution >= 0.6 is 12.2 Å². The van der Waals surface area contributed by atoms with Crippen LogP contribution in [0.1, 0.15) is 11.1 Å². The van der Waals surface area contributed by atoms with Gasteiger partial charge in [-0.15, -0.1) is 0 Å². The van der Waals surface area contributed by atoms with Crippen molar-refractivity contribution in [1.29, 1.82) is 0 Å². The molecule has 0 saturated carbocycles. The molecule has 4 N–H and O–H groups in total. The zero-order chi connectivity index (χ0) is 12.8. The molecule has 0 aliphatic rings. The van der Waals surface area contributed by atoms with E-state index in [9.17, 15) is 5.11 Å². The van der Waals surface area contributed by atoms with Crippen LogP contribution in [0.2, 0.25) is 0 Å². The monoisotopic (exact) mass is 254 g/mol. The van der Waals surface area contributed by atoms with E-state index in [1.165, 1.54) is 0 Å². The van der Waals surface area contributed by atoms with Crippen LogP contribution in [0.25, 0.3) is 0 Å². The van der Waals surface area contributed by atoms with E-state index in [1.54, 1.807) is 0 Å². The van der Waals surface area contributed by atoms with Gasteiger partial charge in [0.1, 0.15) is 4.99 Å². The summed E-state index contributed by atoms with van der Waals surface area (Å²) in [6.45, 7) is 0.874. The van der Waals surface area contributed by atoms with Gasteiger partial charge in [-0.2, -0.15) is 0 Å². The second kappa shape index (κ2) is 6.66. The maximum atomic E-state index is 9.32. The van der Waals surface area contributed by atoms with Crippen molar-refractivity contribution >= 4 is 17.2 Å². The molecule has 1 aromatic rings. The smallest absolute Gasteiger partial charge is 0.103 e. The largest absolute Gasteiger partial charge is 0.394 e. The number of aliphatic hydroxyl groups excluding tert-OH is 2. The highest BCUT2D eigenvalue weighted by Gasteiger charge is 2.07. The molecule has 1 unspecified atom stereocenters.